The molecule has 20 heavy (non-hydrogen) atoms. The molecule has 0 aliphatic rings. The Morgan fingerprint density at radius 2 is 2.10 bits per heavy atom. The van der Waals surface area contributed by atoms with E-state index in [4.69, 9.17) is 21.4 Å². The number of rotatable bonds is 4. The predicted octanol–water partition coefficient (Wildman–Crippen LogP) is 3.29. The summed E-state index contributed by atoms with van der Waals surface area (Å²) in [6, 6.07) is 8.71. The topological polar surface area (TPSA) is 62.7 Å². The Bertz CT molecular complexity index is 644. The van der Waals surface area contributed by atoms with E-state index in [0.29, 0.717) is 5.75 Å². The van der Waals surface area contributed by atoms with Crippen molar-refractivity contribution in [3.8, 4) is 11.6 Å². The Morgan fingerprint density at radius 1 is 1.35 bits per heavy atom. The van der Waals surface area contributed by atoms with Gasteiger partial charge < -0.3 is 14.7 Å². The molecular weight excluding hydrogens is 280 g/mol. The Balaban J connectivity index is 2.26. The number of carboxylic acids is 1. The van der Waals surface area contributed by atoms with E-state index in [-0.39, 0.29) is 16.5 Å². The van der Waals surface area contributed by atoms with Gasteiger partial charge in [0.05, 0.1) is 5.56 Å². The van der Waals surface area contributed by atoms with Gasteiger partial charge in [0.2, 0.25) is 5.88 Å². The number of benzene rings is 1. The largest absolute Gasteiger partial charge is 0.478 e. The van der Waals surface area contributed by atoms with Crippen LogP contribution >= 0.6 is 11.6 Å². The molecular formula is C14H13ClN2O3. The highest BCUT2D eigenvalue weighted by Gasteiger charge is 2.10. The normalized spacial score (nSPS) is 10.2. The average Bonchev–Trinajstić information content (AvgIpc) is 2.41. The van der Waals surface area contributed by atoms with Crippen LogP contribution in [0, 0.1) is 0 Å². The number of carboxylic acid groups (broad SMARTS) is 1. The number of nitrogens with zero attached hydrogens (tertiary/aromatic N) is 2. The molecule has 0 atom stereocenters. The van der Waals surface area contributed by atoms with E-state index in [2.05, 4.69) is 4.98 Å². The van der Waals surface area contributed by atoms with Gasteiger partial charge in [0.25, 0.3) is 0 Å². The van der Waals surface area contributed by atoms with Gasteiger partial charge in [-0.25, -0.2) is 9.78 Å². The summed E-state index contributed by atoms with van der Waals surface area (Å²) >= 11 is 5.96. The van der Waals surface area contributed by atoms with Crippen LogP contribution in [0.4, 0.5) is 5.69 Å². The van der Waals surface area contributed by atoms with Crippen molar-refractivity contribution in [1.82, 2.24) is 4.98 Å². The van der Waals surface area contributed by atoms with Gasteiger partial charge in [-0.3, -0.25) is 0 Å². The number of carbonyl (C=O) groups is 1. The van der Waals surface area contributed by atoms with Gasteiger partial charge in [-0.2, -0.15) is 0 Å². The fraction of sp³-hybridized carbons (Fsp3) is 0.143. The van der Waals surface area contributed by atoms with Crippen molar-refractivity contribution in [3.05, 3.63) is 47.1 Å². The number of anilines is 1. The summed E-state index contributed by atoms with van der Waals surface area (Å²) in [5.74, 6) is -0.332. The Kier molecular flexibility index (Phi) is 4.10. The molecule has 0 aliphatic carbocycles. The lowest BCUT2D eigenvalue weighted by atomic mass is 10.3. The highest BCUT2D eigenvalue weighted by Crippen LogP contribution is 2.29. The molecule has 0 bridgehead atoms. The third-order valence-corrected chi connectivity index (χ3v) is 2.87. The summed E-state index contributed by atoms with van der Waals surface area (Å²) in [6.45, 7) is 0. The maximum Gasteiger partial charge on any atom is 0.337 e. The fourth-order valence-electron chi connectivity index (χ4n) is 1.55. The summed E-state index contributed by atoms with van der Waals surface area (Å²) in [5, 5.41) is 9.00. The lowest BCUT2D eigenvalue weighted by Crippen LogP contribution is -2.08. The first-order chi connectivity index (χ1) is 9.47. The third kappa shape index (κ3) is 3.19. The molecule has 0 saturated heterocycles. The molecule has 0 radical (unpaired) electrons. The number of halogens is 1. The minimum atomic E-state index is -1.08. The molecule has 5 nitrogen and oxygen atoms in total. The Labute approximate surface area is 121 Å². The highest BCUT2D eigenvalue weighted by molar-refractivity contribution is 6.32. The summed E-state index contributed by atoms with van der Waals surface area (Å²) in [6.07, 6.45) is 1.21. The third-order valence-electron chi connectivity index (χ3n) is 2.60. The zero-order valence-electron chi connectivity index (χ0n) is 11.0. The molecule has 0 amide bonds. The number of aromatic nitrogens is 1. The second kappa shape index (κ2) is 5.79. The first-order valence-electron chi connectivity index (χ1n) is 5.81. The van der Waals surface area contributed by atoms with Gasteiger partial charge in [-0.1, -0.05) is 17.7 Å². The summed E-state index contributed by atoms with van der Waals surface area (Å²) in [7, 11) is 3.85. The van der Waals surface area contributed by atoms with Gasteiger partial charge >= 0.3 is 5.97 Å². The molecule has 0 spiro atoms. The molecule has 0 unspecified atom stereocenters. The van der Waals surface area contributed by atoms with E-state index < -0.39 is 5.97 Å². The molecule has 2 aromatic rings. The van der Waals surface area contributed by atoms with E-state index >= 15 is 0 Å². The van der Waals surface area contributed by atoms with Crippen LogP contribution in [-0.2, 0) is 0 Å². The molecule has 104 valence electrons. The standard InChI is InChI=1S/C14H13ClN2O3/c1-17(2)10-4-3-5-11(7-10)20-13-12(15)6-9(8-16-13)14(18)19/h3-8H,1-2H3,(H,18,19). The molecule has 1 heterocycles. The maximum absolute atomic E-state index is 10.8. The van der Waals surface area contributed by atoms with Gasteiger partial charge in [-0.05, 0) is 18.2 Å². The molecule has 0 fully saturated rings. The van der Waals surface area contributed by atoms with Crippen molar-refractivity contribution < 1.29 is 14.6 Å². The van der Waals surface area contributed by atoms with Gasteiger partial charge in [0.1, 0.15) is 10.8 Å². The molecule has 1 aromatic heterocycles. The quantitative estimate of drug-likeness (QED) is 0.937. The van der Waals surface area contributed by atoms with Crippen LogP contribution in [0.2, 0.25) is 5.02 Å². The maximum atomic E-state index is 10.8. The summed E-state index contributed by atoms with van der Waals surface area (Å²) < 4.78 is 5.57. The van der Waals surface area contributed by atoms with Gasteiger partial charge in [0.15, 0.2) is 0 Å². The van der Waals surface area contributed by atoms with Crippen molar-refractivity contribution in [1.29, 1.82) is 0 Å². The first-order valence-corrected chi connectivity index (χ1v) is 6.19. The number of hydrogen-bond donors (Lipinski definition) is 1. The molecule has 2 rings (SSSR count). The van der Waals surface area contributed by atoms with Crippen molar-refractivity contribution in [2.45, 2.75) is 0 Å². The van der Waals surface area contributed by atoms with Crippen molar-refractivity contribution in [2.24, 2.45) is 0 Å². The lowest BCUT2D eigenvalue weighted by Gasteiger charge is -2.14. The van der Waals surface area contributed by atoms with Crippen LogP contribution in [-0.4, -0.2) is 30.2 Å². The fourth-order valence-corrected chi connectivity index (χ4v) is 1.76. The molecule has 0 aliphatic heterocycles. The van der Waals surface area contributed by atoms with Crippen LogP contribution in [0.3, 0.4) is 0 Å². The number of pyridine rings is 1. The smallest absolute Gasteiger partial charge is 0.337 e. The van der Waals surface area contributed by atoms with Crippen molar-refractivity contribution in [2.75, 3.05) is 19.0 Å². The Hall–Kier alpha value is -2.27. The minimum Gasteiger partial charge on any atom is -0.478 e. The number of hydrogen-bond acceptors (Lipinski definition) is 4. The molecule has 0 saturated carbocycles. The highest BCUT2D eigenvalue weighted by atomic mass is 35.5. The zero-order chi connectivity index (χ0) is 14.7. The van der Waals surface area contributed by atoms with E-state index in [1.807, 2.05) is 37.2 Å². The monoisotopic (exact) mass is 292 g/mol. The summed E-state index contributed by atoms with van der Waals surface area (Å²) in [4.78, 5) is 16.7. The SMILES string of the molecule is CN(C)c1cccc(Oc2ncc(C(=O)O)cc2Cl)c1. The minimum absolute atomic E-state index is 0.0180. The van der Waals surface area contributed by atoms with E-state index in [0.717, 1.165) is 5.69 Å². The van der Waals surface area contributed by atoms with E-state index in [1.165, 1.54) is 12.3 Å². The molecule has 1 aromatic carbocycles. The molecule has 6 heteroatoms. The van der Waals surface area contributed by atoms with Crippen LogP contribution in [0.15, 0.2) is 36.5 Å². The van der Waals surface area contributed by atoms with Crippen LogP contribution < -0.4 is 9.64 Å². The summed E-state index contributed by atoms with van der Waals surface area (Å²) in [5.41, 5.74) is 0.991. The van der Waals surface area contributed by atoms with Crippen LogP contribution in [0.25, 0.3) is 0 Å². The van der Waals surface area contributed by atoms with E-state index in [9.17, 15) is 4.79 Å². The first kappa shape index (κ1) is 14.1. The lowest BCUT2D eigenvalue weighted by molar-refractivity contribution is 0.0696. The van der Waals surface area contributed by atoms with E-state index in [1.54, 1.807) is 6.07 Å². The van der Waals surface area contributed by atoms with Gasteiger partial charge in [-0.15, -0.1) is 0 Å². The second-order valence-corrected chi connectivity index (χ2v) is 4.72. The average molecular weight is 293 g/mol. The van der Waals surface area contributed by atoms with Crippen molar-refractivity contribution in [3.63, 3.8) is 0 Å². The predicted molar refractivity (Wildman–Crippen MR) is 77.0 cm³/mol. The second-order valence-electron chi connectivity index (χ2n) is 4.31. The van der Waals surface area contributed by atoms with Crippen molar-refractivity contribution >= 4 is 23.3 Å². The zero-order valence-corrected chi connectivity index (χ0v) is 11.8. The van der Waals surface area contributed by atoms with Crippen LogP contribution in [0.5, 0.6) is 11.6 Å². The number of ether oxygens (including phenoxy) is 1. The number of aromatic carboxylic acids is 1. The molecule has 1 N–H and O–H groups in total. The van der Waals surface area contributed by atoms with Crippen LogP contribution in [0.1, 0.15) is 10.4 Å². The Morgan fingerprint density at radius 3 is 2.70 bits per heavy atom. The van der Waals surface area contributed by atoms with Gasteiger partial charge in [0, 0.05) is 32.0 Å².